The standard InChI is InChI=1S/C23H18N2O3S/c26-23(19-11-6-14-29-19)22-20(16-8-2-1-3-9-16)21(25(27)28)18-13-12-15-7-4-5-10-17(15)24(18)22/h1-14,18,20-22H/t18-,20-,21-,22+/m0/s1. The van der Waals surface area contributed by atoms with Gasteiger partial charge in [-0.3, -0.25) is 14.9 Å². The van der Waals surface area contributed by atoms with Gasteiger partial charge in [0.1, 0.15) is 12.1 Å². The first-order valence-electron chi connectivity index (χ1n) is 9.48. The molecule has 0 unspecified atom stereocenters. The Morgan fingerprint density at radius 3 is 2.48 bits per heavy atom. The van der Waals surface area contributed by atoms with Gasteiger partial charge in [0.05, 0.1) is 10.8 Å². The predicted octanol–water partition coefficient (Wildman–Crippen LogP) is 4.64. The average Bonchev–Trinajstić information content (AvgIpc) is 3.40. The Hall–Kier alpha value is -3.25. The van der Waals surface area contributed by atoms with Gasteiger partial charge >= 0.3 is 0 Å². The molecule has 0 aliphatic carbocycles. The molecule has 29 heavy (non-hydrogen) atoms. The Labute approximate surface area is 172 Å². The molecule has 0 radical (unpaired) electrons. The molecule has 5 nitrogen and oxygen atoms in total. The number of nitro groups is 1. The van der Waals surface area contributed by atoms with Crippen molar-refractivity contribution in [2.75, 3.05) is 4.90 Å². The van der Waals surface area contributed by atoms with E-state index in [1.165, 1.54) is 11.3 Å². The maximum absolute atomic E-state index is 13.6. The minimum Gasteiger partial charge on any atom is -0.346 e. The summed E-state index contributed by atoms with van der Waals surface area (Å²) in [4.78, 5) is 28.3. The summed E-state index contributed by atoms with van der Waals surface area (Å²) < 4.78 is 0. The number of hydrogen-bond donors (Lipinski definition) is 0. The monoisotopic (exact) mass is 402 g/mol. The van der Waals surface area contributed by atoms with Crippen molar-refractivity contribution in [1.29, 1.82) is 0 Å². The second kappa shape index (κ2) is 6.97. The van der Waals surface area contributed by atoms with Crippen LogP contribution in [0.2, 0.25) is 0 Å². The highest BCUT2D eigenvalue weighted by Gasteiger charge is 2.58. The first kappa shape index (κ1) is 17.8. The van der Waals surface area contributed by atoms with E-state index in [9.17, 15) is 14.9 Å². The van der Waals surface area contributed by atoms with E-state index < -0.39 is 24.0 Å². The van der Waals surface area contributed by atoms with Gasteiger partial charge in [-0.1, -0.05) is 66.7 Å². The molecule has 1 fully saturated rings. The van der Waals surface area contributed by atoms with Gasteiger partial charge in [0.15, 0.2) is 5.78 Å². The number of Topliss-reactive ketones (excluding diaryl/α,β-unsaturated/α-hetero) is 1. The van der Waals surface area contributed by atoms with E-state index >= 15 is 0 Å². The third-order valence-corrected chi connectivity index (χ3v) is 6.71. The molecule has 0 spiro atoms. The predicted molar refractivity (Wildman–Crippen MR) is 114 cm³/mol. The summed E-state index contributed by atoms with van der Waals surface area (Å²) in [7, 11) is 0. The van der Waals surface area contributed by atoms with Crippen molar-refractivity contribution in [3.05, 3.63) is 104 Å². The lowest BCUT2D eigenvalue weighted by Crippen LogP contribution is -2.44. The summed E-state index contributed by atoms with van der Waals surface area (Å²) in [5.74, 6) is -0.602. The fourth-order valence-electron chi connectivity index (χ4n) is 4.67. The van der Waals surface area contributed by atoms with E-state index in [4.69, 9.17) is 0 Å². The summed E-state index contributed by atoms with van der Waals surface area (Å²) in [5.41, 5.74) is 2.67. The number of hydrogen-bond acceptors (Lipinski definition) is 5. The lowest BCUT2D eigenvalue weighted by atomic mass is 9.85. The molecule has 6 heteroatoms. The zero-order chi connectivity index (χ0) is 20.0. The molecule has 0 bridgehead atoms. The molecule has 1 saturated heterocycles. The number of carbonyl (C=O) groups is 1. The average molecular weight is 402 g/mol. The number of anilines is 1. The lowest BCUT2D eigenvalue weighted by Gasteiger charge is -2.34. The molecule has 2 aromatic carbocycles. The van der Waals surface area contributed by atoms with Crippen LogP contribution in [-0.2, 0) is 0 Å². The number of carbonyl (C=O) groups excluding carboxylic acids is 1. The first-order chi connectivity index (χ1) is 14.2. The third-order valence-electron chi connectivity index (χ3n) is 5.83. The molecule has 3 heterocycles. The molecule has 2 aliphatic rings. The number of thiophene rings is 1. The van der Waals surface area contributed by atoms with Gasteiger partial charge in [-0.2, -0.15) is 0 Å². The van der Waals surface area contributed by atoms with Crippen molar-refractivity contribution in [2.45, 2.75) is 24.0 Å². The normalized spacial score (nSPS) is 24.8. The smallest absolute Gasteiger partial charge is 0.245 e. The van der Waals surface area contributed by atoms with Gasteiger partial charge in [0.2, 0.25) is 6.04 Å². The Kier molecular flexibility index (Phi) is 4.28. The van der Waals surface area contributed by atoms with Crippen molar-refractivity contribution in [2.24, 2.45) is 0 Å². The summed E-state index contributed by atoms with van der Waals surface area (Å²) in [6.45, 7) is 0. The van der Waals surface area contributed by atoms with Crippen LogP contribution in [0.5, 0.6) is 0 Å². The van der Waals surface area contributed by atoms with Crippen molar-refractivity contribution in [3.63, 3.8) is 0 Å². The molecule has 3 aromatic rings. The number of benzene rings is 2. The van der Waals surface area contributed by atoms with E-state index in [1.807, 2.05) is 83.1 Å². The number of rotatable bonds is 4. The Morgan fingerprint density at radius 2 is 1.76 bits per heavy atom. The van der Waals surface area contributed by atoms with E-state index in [0.29, 0.717) is 4.88 Å². The largest absolute Gasteiger partial charge is 0.346 e. The lowest BCUT2D eigenvalue weighted by molar-refractivity contribution is -0.524. The maximum atomic E-state index is 13.6. The Bertz CT molecular complexity index is 1090. The highest BCUT2D eigenvalue weighted by Crippen LogP contribution is 2.47. The number of fused-ring (bicyclic) bond motifs is 3. The van der Waals surface area contributed by atoms with Crippen molar-refractivity contribution in [3.8, 4) is 0 Å². The zero-order valence-corrected chi connectivity index (χ0v) is 16.2. The number of ketones is 1. The van der Waals surface area contributed by atoms with E-state index in [0.717, 1.165) is 16.8 Å². The number of nitrogens with zero attached hydrogens (tertiary/aromatic N) is 2. The van der Waals surface area contributed by atoms with Crippen LogP contribution in [0.25, 0.3) is 6.08 Å². The van der Waals surface area contributed by atoms with Crippen LogP contribution >= 0.6 is 11.3 Å². The second-order valence-electron chi connectivity index (χ2n) is 7.31. The van der Waals surface area contributed by atoms with Gasteiger partial charge in [0.25, 0.3) is 0 Å². The molecule has 1 aromatic heterocycles. The highest BCUT2D eigenvalue weighted by atomic mass is 32.1. The molecule has 0 saturated carbocycles. The van der Waals surface area contributed by atoms with Crippen LogP contribution in [0, 0.1) is 10.1 Å². The van der Waals surface area contributed by atoms with Crippen LogP contribution in [0.1, 0.15) is 26.7 Å². The summed E-state index contributed by atoms with van der Waals surface area (Å²) >= 11 is 1.38. The Balaban J connectivity index is 1.73. The van der Waals surface area contributed by atoms with Crippen molar-refractivity contribution >= 4 is 28.9 Å². The fourth-order valence-corrected chi connectivity index (χ4v) is 5.37. The van der Waals surface area contributed by atoms with E-state index in [2.05, 4.69) is 0 Å². The van der Waals surface area contributed by atoms with Gasteiger partial charge in [-0.05, 0) is 28.6 Å². The van der Waals surface area contributed by atoms with Crippen LogP contribution in [0.4, 0.5) is 5.69 Å². The second-order valence-corrected chi connectivity index (χ2v) is 8.26. The highest BCUT2D eigenvalue weighted by molar-refractivity contribution is 7.12. The minimum atomic E-state index is -0.907. The van der Waals surface area contributed by atoms with Gasteiger partial charge in [-0.25, -0.2) is 0 Å². The summed E-state index contributed by atoms with van der Waals surface area (Å²) in [5, 5.41) is 14.1. The van der Waals surface area contributed by atoms with Gasteiger partial charge in [-0.15, -0.1) is 11.3 Å². The van der Waals surface area contributed by atoms with Crippen LogP contribution in [-0.4, -0.2) is 28.8 Å². The number of para-hydroxylation sites is 1. The maximum Gasteiger partial charge on any atom is 0.245 e. The molecular weight excluding hydrogens is 384 g/mol. The fraction of sp³-hybridized carbons (Fsp3) is 0.174. The topological polar surface area (TPSA) is 63.4 Å². The molecule has 144 valence electrons. The van der Waals surface area contributed by atoms with E-state index in [-0.39, 0.29) is 10.7 Å². The van der Waals surface area contributed by atoms with Crippen LogP contribution < -0.4 is 4.90 Å². The quantitative estimate of drug-likeness (QED) is 0.362. The third kappa shape index (κ3) is 2.79. The molecular formula is C23H18N2O3S. The zero-order valence-electron chi connectivity index (χ0n) is 15.4. The summed E-state index contributed by atoms with van der Waals surface area (Å²) in [6, 6.07) is 18.8. The van der Waals surface area contributed by atoms with Gasteiger partial charge in [0, 0.05) is 10.6 Å². The van der Waals surface area contributed by atoms with Gasteiger partial charge < -0.3 is 4.90 Å². The van der Waals surface area contributed by atoms with Crippen molar-refractivity contribution < 1.29 is 9.72 Å². The van der Waals surface area contributed by atoms with Crippen LogP contribution in [0.15, 0.2) is 78.2 Å². The van der Waals surface area contributed by atoms with Crippen LogP contribution in [0.3, 0.4) is 0 Å². The molecule has 0 amide bonds. The summed E-state index contributed by atoms with van der Waals surface area (Å²) in [6.07, 6.45) is 3.82. The molecule has 4 atom stereocenters. The first-order valence-corrected chi connectivity index (χ1v) is 10.4. The molecule has 2 aliphatic heterocycles. The molecule has 0 N–H and O–H groups in total. The Morgan fingerprint density at radius 1 is 1.00 bits per heavy atom. The molecule has 5 rings (SSSR count). The minimum absolute atomic E-state index is 0.0618. The SMILES string of the molecule is O=C(c1cccs1)[C@H]1[C@@H](c2ccccc2)[C@@H]([N+](=O)[O-])[C@@H]2C=Cc3ccccc3N21. The van der Waals surface area contributed by atoms with Crippen molar-refractivity contribution in [1.82, 2.24) is 0 Å². The van der Waals surface area contributed by atoms with E-state index in [1.54, 1.807) is 6.07 Å².